The van der Waals surface area contributed by atoms with Crippen LogP contribution in [0.2, 0.25) is 0 Å². The van der Waals surface area contributed by atoms with E-state index in [1.54, 1.807) is 11.8 Å². The number of nitrogens with zero attached hydrogens (tertiary/aromatic N) is 3. The average Bonchev–Trinajstić information content (AvgIpc) is 2.48. The highest BCUT2D eigenvalue weighted by molar-refractivity contribution is 5.94. The third kappa shape index (κ3) is 3.15. The fourth-order valence-corrected chi connectivity index (χ4v) is 2.22. The lowest BCUT2D eigenvalue weighted by atomic mass is 10.2. The summed E-state index contributed by atoms with van der Waals surface area (Å²) in [7, 11) is 0. The van der Waals surface area contributed by atoms with Gasteiger partial charge in [0.05, 0.1) is 5.56 Å². The van der Waals surface area contributed by atoms with E-state index in [1.165, 1.54) is 4.90 Å². The number of carboxylic acid groups (broad SMARTS) is 1. The van der Waals surface area contributed by atoms with Gasteiger partial charge < -0.3 is 10.0 Å². The van der Waals surface area contributed by atoms with E-state index in [4.69, 9.17) is 5.11 Å². The van der Waals surface area contributed by atoms with Crippen molar-refractivity contribution in [3.05, 3.63) is 29.6 Å². The molecule has 0 radical (unpaired) electrons. The Labute approximate surface area is 120 Å². The number of pyridine rings is 1. The summed E-state index contributed by atoms with van der Waals surface area (Å²) in [6.45, 7) is 2.83. The van der Waals surface area contributed by atoms with Crippen LogP contribution in [0.4, 0.5) is 8.78 Å². The minimum absolute atomic E-state index is 0.264. The molecule has 114 valence electrons. The van der Waals surface area contributed by atoms with Gasteiger partial charge in [0, 0.05) is 32.4 Å². The smallest absolute Gasteiger partial charge is 0.320 e. The fourth-order valence-electron chi connectivity index (χ4n) is 2.22. The molecule has 0 saturated carbocycles. The van der Waals surface area contributed by atoms with E-state index in [0.717, 1.165) is 12.3 Å². The van der Waals surface area contributed by atoms with Gasteiger partial charge >= 0.3 is 5.97 Å². The molecule has 2 rings (SSSR count). The largest absolute Gasteiger partial charge is 0.480 e. The van der Waals surface area contributed by atoms with Gasteiger partial charge in [0.15, 0.2) is 5.82 Å². The summed E-state index contributed by atoms with van der Waals surface area (Å²) in [6.07, 6.45) is 1.04. The molecule has 1 fully saturated rings. The number of amides is 1. The first kappa shape index (κ1) is 15.3. The molecule has 1 unspecified atom stereocenters. The molecule has 0 spiro atoms. The summed E-state index contributed by atoms with van der Waals surface area (Å²) in [5.41, 5.74) is -0.359. The maximum Gasteiger partial charge on any atom is 0.320 e. The van der Waals surface area contributed by atoms with E-state index in [1.807, 2.05) is 0 Å². The lowest BCUT2D eigenvalue weighted by Crippen LogP contribution is -2.53. The number of carboxylic acids is 1. The highest BCUT2D eigenvalue weighted by atomic mass is 19.2. The second-order valence-corrected chi connectivity index (χ2v) is 4.81. The number of hydrogen-bond acceptors (Lipinski definition) is 4. The van der Waals surface area contributed by atoms with Crippen molar-refractivity contribution in [1.29, 1.82) is 0 Å². The van der Waals surface area contributed by atoms with Gasteiger partial charge in [0.2, 0.25) is 5.95 Å². The van der Waals surface area contributed by atoms with Crippen molar-refractivity contribution in [3.8, 4) is 0 Å². The molecule has 2 heterocycles. The predicted octanol–water partition coefficient (Wildman–Crippen LogP) is 0.591. The molecule has 0 aromatic carbocycles. The van der Waals surface area contributed by atoms with Crippen LogP contribution in [0, 0.1) is 11.8 Å². The number of rotatable bonds is 3. The normalized spacial score (nSPS) is 17.6. The van der Waals surface area contributed by atoms with Crippen molar-refractivity contribution in [2.75, 3.05) is 26.2 Å². The van der Waals surface area contributed by atoms with Crippen molar-refractivity contribution >= 4 is 11.9 Å². The topological polar surface area (TPSA) is 73.7 Å². The standard InChI is InChI=1S/C13H15F2N3O3/c1-8(13(20)21)17-4-6-18(7-5-17)12(19)9-2-3-16-11(15)10(9)14/h2-3,8H,4-7H2,1H3,(H,20,21). The maximum atomic E-state index is 13.5. The number of aromatic nitrogens is 1. The van der Waals surface area contributed by atoms with E-state index in [0.29, 0.717) is 13.1 Å². The number of carbonyl (C=O) groups excluding carboxylic acids is 1. The lowest BCUT2D eigenvalue weighted by molar-refractivity contribution is -0.143. The SMILES string of the molecule is CC(C(=O)O)N1CCN(C(=O)c2ccnc(F)c2F)CC1. The van der Waals surface area contributed by atoms with Crippen molar-refractivity contribution in [1.82, 2.24) is 14.8 Å². The molecule has 1 aromatic heterocycles. The quantitative estimate of drug-likeness (QED) is 0.827. The van der Waals surface area contributed by atoms with Crippen LogP contribution in [-0.2, 0) is 4.79 Å². The third-order valence-corrected chi connectivity index (χ3v) is 3.58. The molecule has 0 bridgehead atoms. The van der Waals surface area contributed by atoms with Gasteiger partial charge in [0.25, 0.3) is 5.91 Å². The molecular formula is C13H15F2N3O3. The Morgan fingerprint density at radius 3 is 2.48 bits per heavy atom. The monoisotopic (exact) mass is 299 g/mol. The van der Waals surface area contributed by atoms with Crippen LogP contribution < -0.4 is 0 Å². The molecular weight excluding hydrogens is 284 g/mol. The van der Waals surface area contributed by atoms with E-state index in [-0.39, 0.29) is 18.7 Å². The summed E-state index contributed by atoms with van der Waals surface area (Å²) in [5.74, 6) is -4.11. The minimum atomic E-state index is -1.31. The van der Waals surface area contributed by atoms with E-state index < -0.39 is 29.7 Å². The average molecular weight is 299 g/mol. The molecule has 0 aliphatic carbocycles. The number of piperazine rings is 1. The van der Waals surface area contributed by atoms with Gasteiger partial charge in [-0.25, -0.2) is 9.37 Å². The summed E-state index contributed by atoms with van der Waals surface area (Å²) >= 11 is 0. The van der Waals surface area contributed by atoms with E-state index >= 15 is 0 Å². The second-order valence-electron chi connectivity index (χ2n) is 4.81. The summed E-state index contributed by atoms with van der Waals surface area (Å²) in [5, 5.41) is 8.93. The van der Waals surface area contributed by atoms with Crippen LogP contribution in [-0.4, -0.2) is 64.0 Å². The Bertz CT molecular complexity index is 560. The van der Waals surface area contributed by atoms with Crippen LogP contribution in [0.1, 0.15) is 17.3 Å². The van der Waals surface area contributed by atoms with Gasteiger partial charge in [-0.1, -0.05) is 0 Å². The Morgan fingerprint density at radius 2 is 1.90 bits per heavy atom. The highest BCUT2D eigenvalue weighted by Gasteiger charge is 2.29. The molecule has 1 N–H and O–H groups in total. The first-order chi connectivity index (χ1) is 9.91. The van der Waals surface area contributed by atoms with Gasteiger partial charge in [-0.2, -0.15) is 4.39 Å². The highest BCUT2D eigenvalue weighted by Crippen LogP contribution is 2.14. The number of halogens is 2. The number of carbonyl (C=O) groups is 2. The van der Waals surface area contributed by atoms with Gasteiger partial charge in [0.1, 0.15) is 6.04 Å². The molecule has 21 heavy (non-hydrogen) atoms. The van der Waals surface area contributed by atoms with E-state index in [2.05, 4.69) is 4.98 Å². The first-order valence-electron chi connectivity index (χ1n) is 6.48. The van der Waals surface area contributed by atoms with Crippen LogP contribution in [0.15, 0.2) is 12.3 Å². The van der Waals surface area contributed by atoms with Gasteiger partial charge in [-0.05, 0) is 13.0 Å². The Morgan fingerprint density at radius 1 is 1.29 bits per heavy atom. The molecule has 6 nitrogen and oxygen atoms in total. The molecule has 1 amide bonds. The minimum Gasteiger partial charge on any atom is -0.480 e. The van der Waals surface area contributed by atoms with Crippen molar-refractivity contribution < 1.29 is 23.5 Å². The molecule has 1 saturated heterocycles. The maximum absolute atomic E-state index is 13.5. The second kappa shape index (κ2) is 6.13. The Hall–Kier alpha value is -2.09. The van der Waals surface area contributed by atoms with Crippen molar-refractivity contribution in [2.24, 2.45) is 0 Å². The van der Waals surface area contributed by atoms with Crippen LogP contribution in [0.5, 0.6) is 0 Å². The number of hydrogen-bond donors (Lipinski definition) is 1. The molecule has 1 aliphatic heterocycles. The Kier molecular flexibility index (Phi) is 4.46. The van der Waals surface area contributed by atoms with Gasteiger partial charge in [-0.3, -0.25) is 14.5 Å². The predicted molar refractivity (Wildman–Crippen MR) is 68.7 cm³/mol. The molecule has 1 atom stereocenters. The molecule has 1 aliphatic rings. The van der Waals surface area contributed by atoms with Crippen molar-refractivity contribution in [2.45, 2.75) is 13.0 Å². The third-order valence-electron chi connectivity index (χ3n) is 3.58. The molecule has 8 heteroatoms. The lowest BCUT2D eigenvalue weighted by Gasteiger charge is -2.36. The van der Waals surface area contributed by atoms with Crippen LogP contribution >= 0.6 is 0 Å². The zero-order valence-corrected chi connectivity index (χ0v) is 11.4. The molecule has 1 aromatic rings. The first-order valence-corrected chi connectivity index (χ1v) is 6.48. The van der Waals surface area contributed by atoms with Crippen LogP contribution in [0.3, 0.4) is 0 Å². The zero-order valence-electron chi connectivity index (χ0n) is 11.4. The van der Waals surface area contributed by atoms with Gasteiger partial charge in [-0.15, -0.1) is 0 Å². The summed E-state index contributed by atoms with van der Waals surface area (Å²) < 4.78 is 26.6. The van der Waals surface area contributed by atoms with Crippen LogP contribution in [0.25, 0.3) is 0 Å². The number of aliphatic carboxylic acids is 1. The fraction of sp³-hybridized carbons (Fsp3) is 0.462. The zero-order chi connectivity index (χ0) is 15.6. The summed E-state index contributed by atoms with van der Waals surface area (Å²) in [6, 6.07) is 0.491. The van der Waals surface area contributed by atoms with Crippen molar-refractivity contribution in [3.63, 3.8) is 0 Å². The Balaban J connectivity index is 2.04. The van der Waals surface area contributed by atoms with E-state index in [9.17, 15) is 18.4 Å². The summed E-state index contributed by atoms with van der Waals surface area (Å²) in [4.78, 5) is 29.3.